The molecule has 0 saturated carbocycles. The molecule has 0 amide bonds. The Labute approximate surface area is 128 Å². The molecule has 0 atom stereocenters. The van der Waals surface area contributed by atoms with Crippen LogP contribution in [0.2, 0.25) is 0 Å². The van der Waals surface area contributed by atoms with E-state index in [-0.39, 0.29) is 16.8 Å². The Bertz CT molecular complexity index is 747. The summed E-state index contributed by atoms with van der Waals surface area (Å²) < 4.78 is 31.7. The van der Waals surface area contributed by atoms with Gasteiger partial charge in [-0.25, -0.2) is 4.39 Å². The van der Waals surface area contributed by atoms with Crippen molar-refractivity contribution in [3.8, 4) is 0 Å². The Morgan fingerprint density at radius 3 is 2.27 bits per heavy atom. The second-order valence-electron chi connectivity index (χ2n) is 6.64. The van der Waals surface area contributed by atoms with Gasteiger partial charge < -0.3 is 13.7 Å². The van der Waals surface area contributed by atoms with Crippen LogP contribution in [0.25, 0.3) is 11.0 Å². The summed E-state index contributed by atoms with van der Waals surface area (Å²) >= 11 is 0. The minimum Gasteiger partial charge on any atom is -0.460 e. The predicted octanol–water partition coefficient (Wildman–Crippen LogP) is 3.07. The van der Waals surface area contributed by atoms with Crippen LogP contribution in [0.1, 0.15) is 45.0 Å². The molecule has 0 unspecified atom stereocenters. The highest BCUT2D eigenvalue weighted by Crippen LogP contribution is 2.37. The summed E-state index contributed by atoms with van der Waals surface area (Å²) in [5, 5.41) is 0.463. The molecule has 3 rings (SSSR count). The van der Waals surface area contributed by atoms with E-state index in [1.165, 1.54) is 13.2 Å². The smallest absolute Gasteiger partial charge is 0.460 e. The van der Waals surface area contributed by atoms with Crippen molar-refractivity contribution in [2.45, 2.75) is 45.8 Å². The van der Waals surface area contributed by atoms with Crippen LogP contribution >= 0.6 is 0 Å². The number of Topliss-reactive ketones (excluding diaryl/α,β-unsaturated/α-hetero) is 1. The van der Waals surface area contributed by atoms with Crippen molar-refractivity contribution in [1.82, 2.24) is 0 Å². The van der Waals surface area contributed by atoms with Gasteiger partial charge >= 0.3 is 7.12 Å². The maximum atomic E-state index is 14.7. The van der Waals surface area contributed by atoms with Gasteiger partial charge in [0.15, 0.2) is 17.2 Å². The first-order valence-corrected chi connectivity index (χ1v) is 7.20. The molecule has 2 heterocycles. The molecule has 4 nitrogen and oxygen atoms in total. The minimum atomic E-state index is -0.805. The standard InChI is InChI=1S/C16H18BFO4/c1-9(19)11-8-20-14-10(11)6-7-12(13(14)18)17-21-15(2,3)16(4,5)22-17/h6-8H,1-5H3. The Kier molecular flexibility index (Phi) is 3.24. The zero-order valence-electron chi connectivity index (χ0n) is 13.3. The lowest BCUT2D eigenvalue weighted by atomic mass is 9.78. The largest absolute Gasteiger partial charge is 0.498 e. The summed E-state index contributed by atoms with van der Waals surface area (Å²) in [4.78, 5) is 11.5. The monoisotopic (exact) mass is 304 g/mol. The zero-order chi connectivity index (χ0) is 16.3. The second-order valence-corrected chi connectivity index (χ2v) is 6.64. The molecular formula is C16H18BFO4. The fourth-order valence-corrected chi connectivity index (χ4v) is 2.50. The van der Waals surface area contributed by atoms with Crippen LogP contribution in [0.4, 0.5) is 4.39 Å². The molecule has 116 valence electrons. The van der Waals surface area contributed by atoms with Gasteiger partial charge in [0, 0.05) is 10.8 Å². The number of halogens is 1. The number of fused-ring (bicyclic) bond motifs is 1. The fraction of sp³-hybridized carbons (Fsp3) is 0.438. The van der Waals surface area contributed by atoms with Gasteiger partial charge in [0.2, 0.25) is 0 Å². The number of carbonyl (C=O) groups is 1. The lowest BCUT2D eigenvalue weighted by Crippen LogP contribution is -2.41. The molecule has 6 heteroatoms. The van der Waals surface area contributed by atoms with E-state index in [2.05, 4.69) is 0 Å². The van der Waals surface area contributed by atoms with Gasteiger partial charge in [0.05, 0.1) is 16.8 Å². The maximum absolute atomic E-state index is 14.7. The molecule has 1 aromatic heterocycles. The first-order valence-electron chi connectivity index (χ1n) is 7.20. The quantitative estimate of drug-likeness (QED) is 0.632. The topological polar surface area (TPSA) is 48.7 Å². The predicted molar refractivity (Wildman–Crippen MR) is 81.9 cm³/mol. The molecule has 0 radical (unpaired) electrons. The fourth-order valence-electron chi connectivity index (χ4n) is 2.50. The molecular weight excluding hydrogens is 286 g/mol. The maximum Gasteiger partial charge on any atom is 0.498 e. The van der Waals surface area contributed by atoms with E-state index >= 15 is 0 Å². The van der Waals surface area contributed by atoms with Gasteiger partial charge in [-0.15, -0.1) is 0 Å². The number of rotatable bonds is 2. The van der Waals surface area contributed by atoms with E-state index in [0.29, 0.717) is 10.9 Å². The molecule has 0 aliphatic carbocycles. The normalized spacial score (nSPS) is 19.8. The summed E-state index contributed by atoms with van der Waals surface area (Å²) in [5.41, 5.74) is -0.401. The SMILES string of the molecule is CC(=O)c1coc2c(F)c(B3OC(C)(C)C(C)(C)O3)ccc12. The van der Waals surface area contributed by atoms with Crippen molar-refractivity contribution in [2.75, 3.05) is 0 Å². The molecule has 1 aliphatic rings. The van der Waals surface area contributed by atoms with Gasteiger partial charge in [0.25, 0.3) is 0 Å². The number of carbonyl (C=O) groups excluding carboxylic acids is 1. The Balaban J connectivity index is 2.07. The van der Waals surface area contributed by atoms with Crippen LogP contribution in [0.15, 0.2) is 22.8 Å². The van der Waals surface area contributed by atoms with Crippen molar-refractivity contribution in [2.24, 2.45) is 0 Å². The summed E-state index contributed by atoms with van der Waals surface area (Å²) in [6, 6.07) is 3.25. The van der Waals surface area contributed by atoms with E-state index in [0.717, 1.165) is 0 Å². The van der Waals surface area contributed by atoms with Crippen LogP contribution < -0.4 is 5.46 Å². The highest BCUT2D eigenvalue weighted by atomic mass is 19.1. The van der Waals surface area contributed by atoms with Crippen molar-refractivity contribution in [1.29, 1.82) is 0 Å². The third kappa shape index (κ3) is 2.09. The lowest BCUT2D eigenvalue weighted by molar-refractivity contribution is 0.00578. The van der Waals surface area contributed by atoms with Crippen molar-refractivity contribution >= 4 is 29.3 Å². The number of ketones is 1. The van der Waals surface area contributed by atoms with Crippen molar-refractivity contribution in [3.05, 3.63) is 29.8 Å². The molecule has 1 fully saturated rings. The zero-order valence-corrected chi connectivity index (χ0v) is 13.3. The Morgan fingerprint density at radius 1 is 1.14 bits per heavy atom. The molecule has 1 saturated heterocycles. The van der Waals surface area contributed by atoms with Crippen LogP contribution in [0.5, 0.6) is 0 Å². The lowest BCUT2D eigenvalue weighted by Gasteiger charge is -2.32. The van der Waals surface area contributed by atoms with Gasteiger partial charge in [0.1, 0.15) is 6.26 Å². The number of benzene rings is 1. The van der Waals surface area contributed by atoms with E-state index in [4.69, 9.17) is 13.7 Å². The van der Waals surface area contributed by atoms with Gasteiger partial charge in [-0.05, 0) is 34.6 Å². The molecule has 0 N–H and O–H groups in total. The summed E-state index contributed by atoms with van der Waals surface area (Å²) in [6.45, 7) is 9.05. The van der Waals surface area contributed by atoms with E-state index in [1.54, 1.807) is 12.1 Å². The first-order chi connectivity index (χ1) is 10.1. The minimum absolute atomic E-state index is 0.0532. The van der Waals surface area contributed by atoms with E-state index < -0.39 is 24.1 Å². The van der Waals surface area contributed by atoms with Gasteiger partial charge in [-0.1, -0.05) is 12.1 Å². The highest BCUT2D eigenvalue weighted by Gasteiger charge is 2.52. The number of hydrogen-bond donors (Lipinski definition) is 0. The van der Waals surface area contributed by atoms with E-state index in [9.17, 15) is 9.18 Å². The van der Waals surface area contributed by atoms with Crippen LogP contribution in [-0.2, 0) is 9.31 Å². The van der Waals surface area contributed by atoms with Crippen LogP contribution in [-0.4, -0.2) is 24.1 Å². The average Bonchev–Trinajstić information content (AvgIpc) is 2.90. The van der Waals surface area contributed by atoms with Crippen LogP contribution in [0.3, 0.4) is 0 Å². The van der Waals surface area contributed by atoms with Crippen molar-refractivity contribution in [3.63, 3.8) is 0 Å². The van der Waals surface area contributed by atoms with Gasteiger partial charge in [-0.3, -0.25) is 4.79 Å². The third-order valence-electron chi connectivity index (χ3n) is 4.60. The van der Waals surface area contributed by atoms with Crippen LogP contribution in [0, 0.1) is 5.82 Å². The van der Waals surface area contributed by atoms with E-state index in [1.807, 2.05) is 27.7 Å². The Hall–Kier alpha value is -1.66. The van der Waals surface area contributed by atoms with Crippen molar-refractivity contribution < 1.29 is 22.9 Å². The number of hydrogen-bond acceptors (Lipinski definition) is 4. The number of furan rings is 1. The molecule has 22 heavy (non-hydrogen) atoms. The third-order valence-corrected chi connectivity index (χ3v) is 4.60. The molecule has 1 aliphatic heterocycles. The first kappa shape index (κ1) is 15.2. The molecule has 2 aromatic rings. The molecule has 1 aromatic carbocycles. The second kappa shape index (κ2) is 4.67. The molecule has 0 spiro atoms. The summed E-state index contributed by atoms with van der Waals surface area (Å²) in [6.07, 6.45) is 1.28. The Morgan fingerprint density at radius 2 is 1.73 bits per heavy atom. The molecule has 0 bridgehead atoms. The summed E-state index contributed by atoms with van der Waals surface area (Å²) in [7, 11) is -0.805. The average molecular weight is 304 g/mol. The summed E-state index contributed by atoms with van der Waals surface area (Å²) in [5.74, 6) is -0.718. The van der Waals surface area contributed by atoms with Gasteiger partial charge in [-0.2, -0.15) is 0 Å². The highest BCUT2D eigenvalue weighted by molar-refractivity contribution is 6.62.